The molecule has 1 atom stereocenters. The highest BCUT2D eigenvalue weighted by Gasteiger charge is 2.20. The molecule has 0 saturated heterocycles. The number of ether oxygens (including phenoxy) is 1. The normalized spacial score (nSPS) is 16.9. The van der Waals surface area contributed by atoms with E-state index in [1.165, 1.54) is 31.2 Å². The number of hydrogen-bond donors (Lipinski definition) is 1. The highest BCUT2D eigenvalue weighted by atomic mass is 16.5. The molecule has 1 saturated carbocycles. The van der Waals surface area contributed by atoms with E-state index in [9.17, 15) is 0 Å². The summed E-state index contributed by atoms with van der Waals surface area (Å²) in [4.78, 5) is 2.18. The summed E-state index contributed by atoms with van der Waals surface area (Å²) in [5.74, 6) is 1.86. The van der Waals surface area contributed by atoms with E-state index in [0.29, 0.717) is 6.04 Å². The predicted octanol–water partition coefficient (Wildman–Crippen LogP) is 3.75. The van der Waals surface area contributed by atoms with Crippen molar-refractivity contribution in [1.82, 2.24) is 4.90 Å². The minimum atomic E-state index is 0.504. The molecule has 1 aliphatic carbocycles. The van der Waals surface area contributed by atoms with Crippen LogP contribution < -0.4 is 10.1 Å². The number of benzene rings is 1. The molecule has 1 N–H and O–H groups in total. The highest BCUT2D eigenvalue weighted by molar-refractivity contribution is 5.58. The average molecular weight is 276 g/mol. The van der Waals surface area contributed by atoms with Gasteiger partial charge >= 0.3 is 0 Å². The lowest BCUT2D eigenvalue weighted by Crippen LogP contribution is -2.23. The van der Waals surface area contributed by atoms with Gasteiger partial charge in [0.15, 0.2) is 0 Å². The van der Waals surface area contributed by atoms with Crippen molar-refractivity contribution in [3.05, 3.63) is 23.8 Å². The summed E-state index contributed by atoms with van der Waals surface area (Å²) in [5.41, 5.74) is 2.44. The van der Waals surface area contributed by atoms with Crippen LogP contribution in [0.4, 0.5) is 5.69 Å². The van der Waals surface area contributed by atoms with Crippen molar-refractivity contribution in [3.8, 4) is 5.75 Å². The maximum absolute atomic E-state index is 5.48. The van der Waals surface area contributed by atoms with Gasteiger partial charge in [-0.3, -0.25) is 0 Å². The standard InChI is InChI=1S/C17H28N2O/c1-13(10-14-6-5-7-14)18-16-11-15(12-19(2)3)8-9-17(16)20-4/h8-9,11,13-14,18H,5-7,10,12H2,1-4H3. The molecule has 1 fully saturated rings. The van der Waals surface area contributed by atoms with E-state index < -0.39 is 0 Å². The number of hydrogen-bond acceptors (Lipinski definition) is 3. The van der Waals surface area contributed by atoms with Gasteiger partial charge in [-0.25, -0.2) is 0 Å². The van der Waals surface area contributed by atoms with Gasteiger partial charge in [0.2, 0.25) is 0 Å². The zero-order chi connectivity index (χ0) is 14.5. The molecule has 1 aromatic carbocycles. The summed E-state index contributed by atoms with van der Waals surface area (Å²) < 4.78 is 5.48. The first-order valence-electron chi connectivity index (χ1n) is 7.66. The second-order valence-corrected chi connectivity index (χ2v) is 6.35. The molecule has 3 heteroatoms. The van der Waals surface area contributed by atoms with Gasteiger partial charge in [-0.1, -0.05) is 25.3 Å². The second-order valence-electron chi connectivity index (χ2n) is 6.35. The van der Waals surface area contributed by atoms with Crippen LogP contribution in [-0.4, -0.2) is 32.1 Å². The molecule has 112 valence electrons. The first-order chi connectivity index (χ1) is 9.58. The molecule has 0 heterocycles. The fraction of sp³-hybridized carbons (Fsp3) is 0.647. The topological polar surface area (TPSA) is 24.5 Å². The fourth-order valence-electron chi connectivity index (χ4n) is 2.88. The Morgan fingerprint density at radius 1 is 1.35 bits per heavy atom. The van der Waals surface area contributed by atoms with Crippen molar-refractivity contribution in [1.29, 1.82) is 0 Å². The van der Waals surface area contributed by atoms with Crippen LogP contribution in [-0.2, 0) is 6.54 Å². The summed E-state index contributed by atoms with van der Waals surface area (Å²) in [7, 11) is 5.93. The number of rotatable bonds is 7. The van der Waals surface area contributed by atoms with Crippen LogP contribution in [0.2, 0.25) is 0 Å². The quantitative estimate of drug-likeness (QED) is 0.821. The summed E-state index contributed by atoms with van der Waals surface area (Å²) >= 11 is 0. The zero-order valence-electron chi connectivity index (χ0n) is 13.3. The van der Waals surface area contributed by atoms with E-state index in [0.717, 1.165) is 23.9 Å². The lowest BCUT2D eigenvalue weighted by atomic mass is 9.81. The van der Waals surface area contributed by atoms with Crippen LogP contribution in [0.5, 0.6) is 5.75 Å². The SMILES string of the molecule is COc1ccc(CN(C)C)cc1NC(C)CC1CCC1. The smallest absolute Gasteiger partial charge is 0.141 e. The van der Waals surface area contributed by atoms with Crippen molar-refractivity contribution in [2.45, 2.75) is 45.2 Å². The number of nitrogens with one attached hydrogen (secondary N) is 1. The van der Waals surface area contributed by atoms with Crippen molar-refractivity contribution >= 4 is 5.69 Å². The molecule has 0 aromatic heterocycles. The molecule has 0 spiro atoms. The maximum atomic E-state index is 5.48. The molecule has 0 amide bonds. The minimum absolute atomic E-state index is 0.504. The van der Waals surface area contributed by atoms with E-state index in [4.69, 9.17) is 4.74 Å². The van der Waals surface area contributed by atoms with Crippen molar-refractivity contribution in [3.63, 3.8) is 0 Å². The molecular weight excluding hydrogens is 248 g/mol. The Labute approximate surface area is 123 Å². The minimum Gasteiger partial charge on any atom is -0.495 e. The number of nitrogens with zero attached hydrogens (tertiary/aromatic N) is 1. The molecule has 3 nitrogen and oxygen atoms in total. The summed E-state index contributed by atoms with van der Waals surface area (Å²) in [6.07, 6.45) is 5.49. The summed E-state index contributed by atoms with van der Waals surface area (Å²) in [6.45, 7) is 3.23. The Bertz CT molecular complexity index is 427. The Morgan fingerprint density at radius 3 is 2.65 bits per heavy atom. The Morgan fingerprint density at radius 2 is 2.10 bits per heavy atom. The third kappa shape index (κ3) is 4.14. The summed E-state index contributed by atoms with van der Waals surface area (Å²) in [6, 6.07) is 6.93. The van der Waals surface area contributed by atoms with Crippen LogP contribution in [0.15, 0.2) is 18.2 Å². The molecule has 2 rings (SSSR count). The van der Waals surface area contributed by atoms with Gasteiger partial charge in [-0.05, 0) is 51.1 Å². The van der Waals surface area contributed by atoms with Crippen LogP contribution in [0.3, 0.4) is 0 Å². The van der Waals surface area contributed by atoms with E-state index in [1.54, 1.807) is 7.11 Å². The van der Waals surface area contributed by atoms with Crippen molar-refractivity contribution in [2.24, 2.45) is 5.92 Å². The fourth-order valence-corrected chi connectivity index (χ4v) is 2.88. The first-order valence-corrected chi connectivity index (χ1v) is 7.66. The van der Waals surface area contributed by atoms with E-state index in [2.05, 4.69) is 49.4 Å². The molecule has 1 unspecified atom stereocenters. The van der Waals surface area contributed by atoms with Crippen LogP contribution >= 0.6 is 0 Å². The van der Waals surface area contributed by atoms with Gasteiger partial charge in [0, 0.05) is 12.6 Å². The number of anilines is 1. The molecular formula is C17H28N2O. The lowest BCUT2D eigenvalue weighted by Gasteiger charge is -2.29. The van der Waals surface area contributed by atoms with Crippen LogP contribution in [0, 0.1) is 5.92 Å². The van der Waals surface area contributed by atoms with E-state index >= 15 is 0 Å². The van der Waals surface area contributed by atoms with Gasteiger partial charge in [0.1, 0.15) is 5.75 Å². The van der Waals surface area contributed by atoms with Crippen molar-refractivity contribution in [2.75, 3.05) is 26.5 Å². The Balaban J connectivity index is 2.02. The van der Waals surface area contributed by atoms with Crippen molar-refractivity contribution < 1.29 is 4.74 Å². The molecule has 20 heavy (non-hydrogen) atoms. The van der Waals surface area contributed by atoms with Gasteiger partial charge in [-0.2, -0.15) is 0 Å². The monoisotopic (exact) mass is 276 g/mol. The Kier molecular flexibility index (Phi) is 5.30. The molecule has 0 radical (unpaired) electrons. The zero-order valence-corrected chi connectivity index (χ0v) is 13.3. The van der Waals surface area contributed by atoms with Gasteiger partial charge in [-0.15, -0.1) is 0 Å². The van der Waals surface area contributed by atoms with E-state index in [1.807, 2.05) is 0 Å². The largest absolute Gasteiger partial charge is 0.495 e. The third-order valence-electron chi connectivity index (χ3n) is 4.08. The number of methoxy groups -OCH3 is 1. The van der Waals surface area contributed by atoms with Gasteiger partial charge in [0.05, 0.1) is 12.8 Å². The summed E-state index contributed by atoms with van der Waals surface area (Å²) in [5, 5.41) is 3.63. The van der Waals surface area contributed by atoms with Crippen LogP contribution in [0.1, 0.15) is 38.2 Å². The van der Waals surface area contributed by atoms with Gasteiger partial charge in [0.25, 0.3) is 0 Å². The molecule has 1 aromatic rings. The second kappa shape index (κ2) is 6.98. The lowest BCUT2D eigenvalue weighted by molar-refractivity contribution is 0.285. The molecule has 0 aliphatic heterocycles. The predicted molar refractivity (Wildman–Crippen MR) is 85.4 cm³/mol. The molecule has 1 aliphatic rings. The van der Waals surface area contributed by atoms with E-state index in [-0.39, 0.29) is 0 Å². The van der Waals surface area contributed by atoms with Gasteiger partial charge < -0.3 is 15.0 Å². The maximum Gasteiger partial charge on any atom is 0.141 e. The average Bonchev–Trinajstić information content (AvgIpc) is 2.33. The molecule has 0 bridgehead atoms. The Hall–Kier alpha value is -1.22. The first kappa shape index (κ1) is 15.2. The third-order valence-corrected chi connectivity index (χ3v) is 4.08. The highest BCUT2D eigenvalue weighted by Crippen LogP contribution is 2.32. The van der Waals surface area contributed by atoms with Crippen LogP contribution in [0.25, 0.3) is 0 Å².